The van der Waals surface area contributed by atoms with Crippen molar-refractivity contribution in [3.05, 3.63) is 0 Å². The average Bonchev–Trinajstić information content (AvgIpc) is 2.69. The first-order chi connectivity index (χ1) is 8.95. The zero-order valence-corrected chi connectivity index (χ0v) is 11.3. The van der Waals surface area contributed by atoms with Gasteiger partial charge in [-0.15, -0.1) is 11.6 Å². The maximum Gasteiger partial charge on any atom is 0.326 e. The molecule has 1 amide bonds. The van der Waals surface area contributed by atoms with Crippen molar-refractivity contribution in [1.82, 2.24) is 4.90 Å². The van der Waals surface area contributed by atoms with Gasteiger partial charge >= 0.3 is 5.97 Å². The maximum atomic E-state index is 11.8. The van der Waals surface area contributed by atoms with Gasteiger partial charge in [-0.25, -0.2) is 4.79 Å². The van der Waals surface area contributed by atoms with Crippen molar-refractivity contribution in [2.24, 2.45) is 22.4 Å². The quantitative estimate of drug-likeness (QED) is 0.254. The van der Waals surface area contributed by atoms with Crippen LogP contribution in [0, 0.1) is 5.92 Å². The number of carbonyl (C=O) groups excluding carboxylic acids is 1. The Morgan fingerprint density at radius 1 is 1.58 bits per heavy atom. The molecular formula is C11H19ClN4O3. The Balaban J connectivity index is 2.55. The molecule has 7 nitrogen and oxygen atoms in total. The van der Waals surface area contributed by atoms with E-state index in [-0.39, 0.29) is 17.8 Å². The predicted octanol–water partition coefficient (Wildman–Crippen LogP) is -0.419. The lowest BCUT2D eigenvalue weighted by molar-refractivity contribution is -0.148. The number of halogens is 1. The third-order valence-corrected chi connectivity index (χ3v) is 3.48. The molecule has 0 saturated carbocycles. The molecule has 5 N–H and O–H groups in total. The molecule has 108 valence electrons. The number of carboxylic acids is 1. The normalized spacial score (nSPS) is 20.4. The SMILES string of the molecule is NC(N)=NCCCC(C(=O)O)N1CC(CCl)CC1=O. The third-order valence-electron chi connectivity index (χ3n) is 3.05. The van der Waals surface area contributed by atoms with Crippen LogP contribution >= 0.6 is 11.6 Å². The summed E-state index contributed by atoms with van der Waals surface area (Å²) in [4.78, 5) is 28.2. The van der Waals surface area contributed by atoms with Gasteiger partial charge in [0.05, 0.1) is 0 Å². The Hall–Kier alpha value is -1.50. The minimum Gasteiger partial charge on any atom is -0.480 e. The fourth-order valence-corrected chi connectivity index (χ4v) is 2.33. The van der Waals surface area contributed by atoms with Crippen LogP contribution in [0.2, 0.25) is 0 Å². The molecule has 8 heteroatoms. The Morgan fingerprint density at radius 2 is 2.26 bits per heavy atom. The van der Waals surface area contributed by atoms with E-state index in [1.807, 2.05) is 0 Å². The summed E-state index contributed by atoms with van der Waals surface area (Å²) in [5.74, 6) is -0.782. The van der Waals surface area contributed by atoms with Crippen molar-refractivity contribution in [3.8, 4) is 0 Å². The van der Waals surface area contributed by atoms with Crippen LogP contribution in [0.1, 0.15) is 19.3 Å². The van der Waals surface area contributed by atoms with Crippen molar-refractivity contribution in [2.45, 2.75) is 25.3 Å². The second kappa shape index (κ2) is 7.18. The van der Waals surface area contributed by atoms with Crippen LogP contribution in [0.15, 0.2) is 4.99 Å². The predicted molar refractivity (Wildman–Crippen MR) is 71.9 cm³/mol. The summed E-state index contributed by atoms with van der Waals surface area (Å²) >= 11 is 5.71. The molecule has 0 aliphatic carbocycles. The maximum absolute atomic E-state index is 11.8. The Kier molecular flexibility index (Phi) is 5.88. The molecule has 0 spiro atoms. The number of guanidine groups is 1. The number of carboxylic acid groups (broad SMARTS) is 1. The number of nitrogens with zero attached hydrogens (tertiary/aromatic N) is 2. The number of hydrogen-bond acceptors (Lipinski definition) is 3. The van der Waals surface area contributed by atoms with Gasteiger partial charge in [0.2, 0.25) is 5.91 Å². The highest BCUT2D eigenvalue weighted by Crippen LogP contribution is 2.23. The summed E-state index contributed by atoms with van der Waals surface area (Å²) in [6.45, 7) is 0.759. The highest BCUT2D eigenvalue weighted by atomic mass is 35.5. The number of carbonyl (C=O) groups is 2. The molecule has 0 aromatic rings. The Morgan fingerprint density at radius 3 is 2.74 bits per heavy atom. The van der Waals surface area contributed by atoms with Crippen LogP contribution < -0.4 is 11.5 Å². The van der Waals surface area contributed by atoms with Gasteiger partial charge in [0, 0.05) is 25.4 Å². The molecule has 1 aliphatic rings. The molecule has 1 aliphatic heterocycles. The average molecular weight is 291 g/mol. The number of alkyl halides is 1. The van der Waals surface area contributed by atoms with Gasteiger partial charge in [-0.2, -0.15) is 0 Å². The number of likely N-dealkylation sites (tertiary alicyclic amines) is 1. The second-order valence-electron chi connectivity index (χ2n) is 4.57. The lowest BCUT2D eigenvalue weighted by Gasteiger charge is -2.24. The van der Waals surface area contributed by atoms with Crippen molar-refractivity contribution in [1.29, 1.82) is 0 Å². The summed E-state index contributed by atoms with van der Waals surface area (Å²) in [7, 11) is 0. The van der Waals surface area contributed by atoms with E-state index in [0.29, 0.717) is 38.2 Å². The highest BCUT2D eigenvalue weighted by molar-refractivity contribution is 6.18. The molecule has 1 rings (SSSR count). The Labute approximate surface area is 116 Å². The molecule has 2 atom stereocenters. The van der Waals surface area contributed by atoms with Crippen molar-refractivity contribution < 1.29 is 14.7 Å². The van der Waals surface area contributed by atoms with E-state index >= 15 is 0 Å². The van der Waals surface area contributed by atoms with Crippen molar-refractivity contribution in [3.63, 3.8) is 0 Å². The standard InChI is InChI=1S/C11H19ClN4O3/c12-5-7-4-9(17)16(6-7)8(10(18)19)2-1-3-15-11(13)14/h7-8H,1-6H2,(H,18,19)(H4,13,14,15). The van der Waals surface area contributed by atoms with E-state index in [0.717, 1.165) is 0 Å². The Bertz CT molecular complexity index is 371. The van der Waals surface area contributed by atoms with Crippen LogP contribution in [0.4, 0.5) is 0 Å². The van der Waals surface area contributed by atoms with Gasteiger partial charge in [-0.1, -0.05) is 0 Å². The van der Waals surface area contributed by atoms with Gasteiger partial charge in [0.25, 0.3) is 0 Å². The molecule has 19 heavy (non-hydrogen) atoms. The summed E-state index contributed by atoms with van der Waals surface area (Å²) < 4.78 is 0. The summed E-state index contributed by atoms with van der Waals surface area (Å²) in [5.41, 5.74) is 10.4. The first-order valence-corrected chi connectivity index (χ1v) is 6.62. The van der Waals surface area contributed by atoms with E-state index in [1.165, 1.54) is 4.90 Å². The molecule has 1 saturated heterocycles. The van der Waals surface area contributed by atoms with Crippen LogP contribution in [0.5, 0.6) is 0 Å². The minimum atomic E-state index is -1.01. The summed E-state index contributed by atoms with van der Waals surface area (Å²) in [6.07, 6.45) is 1.15. The number of aliphatic carboxylic acids is 1. The minimum absolute atomic E-state index is 0.0219. The fourth-order valence-electron chi connectivity index (χ4n) is 2.12. The number of rotatable bonds is 7. The van der Waals surface area contributed by atoms with Crippen LogP contribution in [-0.2, 0) is 9.59 Å². The summed E-state index contributed by atoms with van der Waals surface area (Å²) in [6, 6.07) is -0.824. The third kappa shape index (κ3) is 4.59. The van der Waals surface area contributed by atoms with Gasteiger partial charge in [-0.05, 0) is 18.8 Å². The molecule has 0 radical (unpaired) electrons. The first kappa shape index (κ1) is 15.6. The second-order valence-corrected chi connectivity index (χ2v) is 4.88. The topological polar surface area (TPSA) is 122 Å². The number of amides is 1. The molecular weight excluding hydrogens is 272 g/mol. The van der Waals surface area contributed by atoms with Crippen molar-refractivity contribution in [2.75, 3.05) is 19.0 Å². The van der Waals surface area contributed by atoms with E-state index in [2.05, 4.69) is 4.99 Å². The molecule has 1 heterocycles. The van der Waals surface area contributed by atoms with E-state index in [4.69, 9.17) is 23.1 Å². The number of hydrogen-bond donors (Lipinski definition) is 3. The molecule has 0 aromatic carbocycles. The molecule has 2 unspecified atom stereocenters. The number of nitrogens with two attached hydrogens (primary N) is 2. The van der Waals surface area contributed by atoms with E-state index < -0.39 is 12.0 Å². The van der Waals surface area contributed by atoms with E-state index in [1.54, 1.807) is 0 Å². The lowest BCUT2D eigenvalue weighted by Crippen LogP contribution is -2.42. The number of aliphatic imine (C=N–C) groups is 1. The van der Waals surface area contributed by atoms with Crippen LogP contribution in [0.3, 0.4) is 0 Å². The molecule has 0 bridgehead atoms. The lowest BCUT2D eigenvalue weighted by atomic mass is 10.1. The van der Waals surface area contributed by atoms with Crippen LogP contribution in [-0.4, -0.2) is 52.9 Å². The van der Waals surface area contributed by atoms with Gasteiger partial charge in [-0.3, -0.25) is 9.79 Å². The van der Waals surface area contributed by atoms with Crippen LogP contribution in [0.25, 0.3) is 0 Å². The molecule has 0 aromatic heterocycles. The highest BCUT2D eigenvalue weighted by Gasteiger charge is 2.36. The summed E-state index contributed by atoms with van der Waals surface area (Å²) in [5, 5.41) is 9.21. The van der Waals surface area contributed by atoms with Gasteiger partial charge < -0.3 is 21.5 Å². The van der Waals surface area contributed by atoms with E-state index in [9.17, 15) is 14.7 Å². The monoisotopic (exact) mass is 290 g/mol. The van der Waals surface area contributed by atoms with Crippen molar-refractivity contribution >= 4 is 29.4 Å². The fraction of sp³-hybridized carbons (Fsp3) is 0.727. The largest absolute Gasteiger partial charge is 0.480 e. The first-order valence-electron chi connectivity index (χ1n) is 6.09. The zero-order chi connectivity index (χ0) is 14.4. The van der Waals surface area contributed by atoms with Gasteiger partial charge in [0.15, 0.2) is 5.96 Å². The molecule has 1 fully saturated rings. The smallest absolute Gasteiger partial charge is 0.326 e. The zero-order valence-electron chi connectivity index (χ0n) is 10.6. The van der Waals surface area contributed by atoms with Gasteiger partial charge in [0.1, 0.15) is 6.04 Å².